The van der Waals surface area contributed by atoms with E-state index in [-0.39, 0.29) is 18.3 Å². The van der Waals surface area contributed by atoms with Gasteiger partial charge in [0.1, 0.15) is 12.2 Å². The largest absolute Gasteiger partial charge is 0.388 e. The Morgan fingerprint density at radius 1 is 1.55 bits per heavy atom. The van der Waals surface area contributed by atoms with E-state index in [4.69, 9.17) is 9.47 Å². The second-order valence-corrected chi connectivity index (χ2v) is 2.98. The minimum atomic E-state index is -0.458. The Balaban J connectivity index is 2.55. The van der Waals surface area contributed by atoms with Crippen molar-refractivity contribution in [2.45, 2.75) is 44.7 Å². The minimum absolute atomic E-state index is 0.0138. The van der Waals surface area contributed by atoms with Crippen molar-refractivity contribution in [2.24, 2.45) is 0 Å². The van der Waals surface area contributed by atoms with Gasteiger partial charge in [-0.25, -0.2) is 0 Å². The Morgan fingerprint density at radius 3 is 2.45 bits per heavy atom. The van der Waals surface area contributed by atoms with Gasteiger partial charge in [0.05, 0.1) is 12.2 Å². The second-order valence-electron chi connectivity index (χ2n) is 2.98. The van der Waals surface area contributed by atoms with Gasteiger partial charge < -0.3 is 14.6 Å². The van der Waals surface area contributed by atoms with Gasteiger partial charge in [0.15, 0.2) is 0 Å². The first-order chi connectivity index (χ1) is 5.20. The lowest BCUT2D eigenvalue weighted by molar-refractivity contribution is -0.00370. The topological polar surface area (TPSA) is 38.7 Å². The summed E-state index contributed by atoms with van der Waals surface area (Å²) in [5, 5.41) is 9.57. The third kappa shape index (κ3) is 1.55. The van der Waals surface area contributed by atoms with E-state index in [1.54, 1.807) is 7.11 Å². The summed E-state index contributed by atoms with van der Waals surface area (Å²) in [5.74, 6) is 0. The van der Waals surface area contributed by atoms with Crippen molar-refractivity contribution < 1.29 is 14.6 Å². The van der Waals surface area contributed by atoms with E-state index in [9.17, 15) is 5.11 Å². The van der Waals surface area contributed by atoms with Crippen LogP contribution in [0.1, 0.15) is 20.3 Å². The Bertz CT molecular complexity index is 127. The molecule has 0 spiro atoms. The molecule has 3 nitrogen and oxygen atoms in total. The molecule has 0 saturated carbocycles. The normalized spacial score (nSPS) is 44.7. The molecular weight excluding hydrogens is 144 g/mol. The predicted molar refractivity (Wildman–Crippen MR) is 41.4 cm³/mol. The van der Waals surface area contributed by atoms with Gasteiger partial charge in [0.25, 0.3) is 0 Å². The van der Waals surface area contributed by atoms with Crippen molar-refractivity contribution in [3.05, 3.63) is 0 Å². The number of methoxy groups -OCH3 is 1. The first kappa shape index (κ1) is 8.97. The predicted octanol–water partition coefficient (Wildman–Crippen LogP) is 0.560. The number of hydrogen-bond donors (Lipinski definition) is 1. The van der Waals surface area contributed by atoms with E-state index in [0.717, 1.165) is 6.42 Å². The van der Waals surface area contributed by atoms with Gasteiger partial charge in [-0.1, -0.05) is 6.92 Å². The van der Waals surface area contributed by atoms with Crippen molar-refractivity contribution in [3.63, 3.8) is 0 Å². The molecule has 1 N–H and O–H groups in total. The lowest BCUT2D eigenvalue weighted by atomic mass is 10.1. The highest BCUT2D eigenvalue weighted by Gasteiger charge is 2.40. The van der Waals surface area contributed by atoms with Crippen LogP contribution in [0.15, 0.2) is 0 Å². The molecule has 11 heavy (non-hydrogen) atoms. The van der Waals surface area contributed by atoms with E-state index >= 15 is 0 Å². The van der Waals surface area contributed by atoms with Gasteiger partial charge in [-0.05, 0) is 13.3 Å². The number of aliphatic hydroxyl groups excluding tert-OH is 1. The summed E-state index contributed by atoms with van der Waals surface area (Å²) in [5.41, 5.74) is 0. The number of aliphatic hydroxyl groups is 1. The quantitative estimate of drug-likeness (QED) is 0.641. The molecule has 0 radical (unpaired) electrons. The molecule has 1 rings (SSSR count). The molecule has 1 heterocycles. The number of hydrogen-bond acceptors (Lipinski definition) is 3. The lowest BCUT2D eigenvalue weighted by Gasteiger charge is -2.15. The van der Waals surface area contributed by atoms with Crippen LogP contribution in [0.2, 0.25) is 0 Å². The van der Waals surface area contributed by atoms with Crippen LogP contribution in [-0.2, 0) is 9.47 Å². The third-order valence-corrected chi connectivity index (χ3v) is 2.24. The SMILES string of the molecule is CC[C@H]1O[C@@H](C)[C@@H](OC)C1O. The molecule has 1 unspecified atom stereocenters. The van der Waals surface area contributed by atoms with Gasteiger partial charge in [-0.15, -0.1) is 0 Å². The molecule has 0 aromatic carbocycles. The second kappa shape index (κ2) is 3.52. The monoisotopic (exact) mass is 160 g/mol. The molecule has 0 aliphatic carbocycles. The standard InChI is InChI=1S/C8H16O3/c1-4-6-7(9)8(10-3)5(2)11-6/h5-9H,4H2,1-3H3/t5-,6+,7?,8+/m0/s1. The Hall–Kier alpha value is -0.120. The lowest BCUT2D eigenvalue weighted by Crippen LogP contribution is -2.33. The summed E-state index contributed by atoms with van der Waals surface area (Å²) in [4.78, 5) is 0. The Morgan fingerprint density at radius 2 is 2.18 bits per heavy atom. The Labute approximate surface area is 67.3 Å². The van der Waals surface area contributed by atoms with Crippen LogP contribution in [0.5, 0.6) is 0 Å². The fourth-order valence-corrected chi connectivity index (χ4v) is 1.59. The molecule has 1 fully saturated rings. The molecule has 1 aliphatic heterocycles. The van der Waals surface area contributed by atoms with Gasteiger partial charge in [0, 0.05) is 7.11 Å². The fraction of sp³-hybridized carbons (Fsp3) is 1.00. The first-order valence-electron chi connectivity index (χ1n) is 4.07. The molecule has 0 aromatic rings. The van der Waals surface area contributed by atoms with E-state index in [0.29, 0.717) is 0 Å². The molecule has 1 saturated heterocycles. The molecule has 0 aromatic heterocycles. The van der Waals surface area contributed by atoms with Crippen molar-refractivity contribution in [2.75, 3.05) is 7.11 Å². The summed E-state index contributed by atoms with van der Waals surface area (Å²) in [6.07, 6.45) is 0.195. The smallest absolute Gasteiger partial charge is 0.111 e. The van der Waals surface area contributed by atoms with Crippen molar-refractivity contribution in [1.29, 1.82) is 0 Å². The third-order valence-electron chi connectivity index (χ3n) is 2.24. The zero-order valence-electron chi connectivity index (χ0n) is 7.28. The summed E-state index contributed by atoms with van der Waals surface area (Å²) in [6, 6.07) is 0. The molecular formula is C8H16O3. The Kier molecular flexibility index (Phi) is 2.87. The van der Waals surface area contributed by atoms with Gasteiger partial charge >= 0.3 is 0 Å². The summed E-state index contributed by atoms with van der Waals surface area (Å²) in [6.45, 7) is 3.92. The highest BCUT2D eigenvalue weighted by molar-refractivity contribution is 4.88. The van der Waals surface area contributed by atoms with Crippen LogP contribution in [0, 0.1) is 0 Å². The van der Waals surface area contributed by atoms with Crippen LogP contribution >= 0.6 is 0 Å². The van der Waals surface area contributed by atoms with Crippen molar-refractivity contribution >= 4 is 0 Å². The summed E-state index contributed by atoms with van der Waals surface area (Å²) < 4.78 is 10.5. The van der Waals surface area contributed by atoms with Crippen LogP contribution in [0.4, 0.5) is 0 Å². The highest BCUT2D eigenvalue weighted by atomic mass is 16.6. The molecule has 4 atom stereocenters. The maximum Gasteiger partial charge on any atom is 0.111 e. The first-order valence-corrected chi connectivity index (χ1v) is 4.07. The summed E-state index contributed by atoms with van der Waals surface area (Å²) in [7, 11) is 1.60. The van der Waals surface area contributed by atoms with E-state index < -0.39 is 6.10 Å². The average Bonchev–Trinajstić information content (AvgIpc) is 2.26. The summed E-state index contributed by atoms with van der Waals surface area (Å²) >= 11 is 0. The zero-order chi connectivity index (χ0) is 8.43. The van der Waals surface area contributed by atoms with E-state index in [1.165, 1.54) is 0 Å². The number of ether oxygens (including phenoxy) is 2. The van der Waals surface area contributed by atoms with Gasteiger partial charge in [0.2, 0.25) is 0 Å². The molecule has 1 aliphatic rings. The van der Waals surface area contributed by atoms with Gasteiger partial charge in [-0.2, -0.15) is 0 Å². The molecule has 66 valence electrons. The van der Waals surface area contributed by atoms with Crippen LogP contribution in [-0.4, -0.2) is 36.6 Å². The van der Waals surface area contributed by atoms with Crippen LogP contribution in [0.25, 0.3) is 0 Å². The molecule has 3 heteroatoms. The van der Waals surface area contributed by atoms with Crippen molar-refractivity contribution in [3.8, 4) is 0 Å². The maximum absolute atomic E-state index is 9.57. The van der Waals surface area contributed by atoms with E-state index in [1.807, 2.05) is 13.8 Å². The van der Waals surface area contributed by atoms with Crippen LogP contribution in [0.3, 0.4) is 0 Å². The van der Waals surface area contributed by atoms with Crippen molar-refractivity contribution in [1.82, 2.24) is 0 Å². The molecule has 0 bridgehead atoms. The average molecular weight is 160 g/mol. The van der Waals surface area contributed by atoms with Gasteiger partial charge in [-0.3, -0.25) is 0 Å². The minimum Gasteiger partial charge on any atom is -0.388 e. The maximum atomic E-state index is 9.57. The van der Waals surface area contributed by atoms with E-state index in [2.05, 4.69) is 0 Å². The highest BCUT2D eigenvalue weighted by Crippen LogP contribution is 2.24. The van der Waals surface area contributed by atoms with Crippen LogP contribution < -0.4 is 0 Å². The zero-order valence-corrected chi connectivity index (χ0v) is 7.28. The number of rotatable bonds is 2. The molecule has 0 amide bonds. The fourth-order valence-electron chi connectivity index (χ4n) is 1.59.